The number of Topliss-reactive ketones (excluding diaryl/α,β-unsaturated/α-hetero) is 1. The van der Waals surface area contributed by atoms with Crippen molar-refractivity contribution in [3.8, 4) is 0 Å². The van der Waals surface area contributed by atoms with Gasteiger partial charge in [0, 0.05) is 12.0 Å². The Morgan fingerprint density at radius 1 is 1.40 bits per heavy atom. The van der Waals surface area contributed by atoms with Crippen LogP contribution in [0, 0.1) is 5.92 Å². The number of rotatable bonds is 6. The lowest BCUT2D eigenvalue weighted by molar-refractivity contribution is 0.0968. The molecule has 0 spiro atoms. The van der Waals surface area contributed by atoms with Gasteiger partial charge in [-0.25, -0.2) is 4.99 Å². The van der Waals surface area contributed by atoms with Gasteiger partial charge in [0.15, 0.2) is 5.78 Å². The summed E-state index contributed by atoms with van der Waals surface area (Å²) in [5.74, 6) is 0.612. The summed E-state index contributed by atoms with van der Waals surface area (Å²) >= 11 is 0. The summed E-state index contributed by atoms with van der Waals surface area (Å²) in [6, 6.07) is 8.35. The fourth-order valence-corrected chi connectivity index (χ4v) is 2.26. The van der Waals surface area contributed by atoms with Crippen LogP contribution in [0.1, 0.15) is 42.6 Å². The molecule has 0 radical (unpaired) electrons. The summed E-state index contributed by atoms with van der Waals surface area (Å²) in [4.78, 5) is 16.1. The number of hydrogen-bond donors (Lipinski definition) is 1. The number of aryl methyl sites for hydroxylation is 1. The Morgan fingerprint density at radius 2 is 2.10 bits per heavy atom. The van der Waals surface area contributed by atoms with Gasteiger partial charge in [-0.1, -0.05) is 38.1 Å². The number of benzene rings is 1. The fourth-order valence-electron chi connectivity index (χ4n) is 2.26. The van der Waals surface area contributed by atoms with Crippen molar-refractivity contribution in [2.24, 2.45) is 16.6 Å². The van der Waals surface area contributed by atoms with Crippen LogP contribution in [0.5, 0.6) is 0 Å². The molecular weight excluding hydrogens is 252 g/mol. The summed E-state index contributed by atoms with van der Waals surface area (Å²) in [5.41, 5.74) is 7.49. The number of hydrogen-bond acceptors (Lipinski definition) is 4. The molecule has 1 atom stereocenters. The third kappa shape index (κ3) is 4.08. The molecule has 1 aromatic carbocycles. The topological polar surface area (TPSA) is 64.7 Å². The highest BCUT2D eigenvalue weighted by Crippen LogP contribution is 2.14. The molecule has 2 rings (SSSR count). The molecule has 0 saturated heterocycles. The quantitative estimate of drug-likeness (QED) is 0.811. The predicted octanol–water partition coefficient (Wildman–Crippen LogP) is 2.56. The summed E-state index contributed by atoms with van der Waals surface area (Å²) < 4.78 is 5.12. The van der Waals surface area contributed by atoms with Crippen LogP contribution in [0.4, 0.5) is 0 Å². The van der Waals surface area contributed by atoms with Crippen molar-refractivity contribution in [2.45, 2.75) is 39.2 Å². The van der Waals surface area contributed by atoms with Gasteiger partial charge in [0.1, 0.15) is 6.61 Å². The van der Waals surface area contributed by atoms with E-state index in [1.807, 2.05) is 24.3 Å². The first-order chi connectivity index (χ1) is 9.54. The maximum atomic E-state index is 11.9. The first kappa shape index (κ1) is 14.6. The molecule has 1 heterocycles. The standard InChI is InChI=1S/C16H22N2O2/c1-11(2)9-15(19)13-6-3-12(4-7-13)5-8-14-10-20-16(17)18-14/h3-4,6-7,11,14H,5,8-10H2,1-2H3,(H2,17,18)/t14-/m0/s1. The second kappa shape index (κ2) is 6.55. The number of amidine groups is 1. The molecule has 4 nitrogen and oxygen atoms in total. The van der Waals surface area contributed by atoms with Crippen molar-refractivity contribution in [2.75, 3.05) is 6.61 Å². The normalized spacial score (nSPS) is 17.9. The molecule has 2 N–H and O–H groups in total. The molecule has 4 heteroatoms. The second-order valence-electron chi connectivity index (χ2n) is 5.69. The lowest BCUT2D eigenvalue weighted by atomic mass is 9.99. The average Bonchev–Trinajstić information content (AvgIpc) is 2.82. The smallest absolute Gasteiger partial charge is 0.282 e. The number of nitrogens with two attached hydrogens (primary N) is 1. The van der Waals surface area contributed by atoms with Crippen LogP contribution in [0.15, 0.2) is 29.3 Å². The van der Waals surface area contributed by atoms with E-state index in [0.717, 1.165) is 18.4 Å². The van der Waals surface area contributed by atoms with Gasteiger partial charge in [0.25, 0.3) is 6.02 Å². The molecule has 0 amide bonds. The largest absolute Gasteiger partial charge is 0.463 e. The van der Waals surface area contributed by atoms with Crippen molar-refractivity contribution < 1.29 is 9.53 Å². The highest BCUT2D eigenvalue weighted by atomic mass is 16.5. The predicted molar refractivity (Wildman–Crippen MR) is 79.9 cm³/mol. The molecule has 0 aliphatic carbocycles. The maximum Gasteiger partial charge on any atom is 0.282 e. The number of carbonyl (C=O) groups excluding carboxylic acids is 1. The van der Waals surface area contributed by atoms with Gasteiger partial charge in [0.05, 0.1) is 6.04 Å². The van der Waals surface area contributed by atoms with Gasteiger partial charge in [-0.2, -0.15) is 0 Å². The molecule has 0 aromatic heterocycles. The van der Waals surface area contributed by atoms with Crippen molar-refractivity contribution in [3.05, 3.63) is 35.4 Å². The second-order valence-corrected chi connectivity index (χ2v) is 5.69. The van der Waals surface area contributed by atoms with Crippen molar-refractivity contribution in [1.29, 1.82) is 0 Å². The molecule has 0 bridgehead atoms. The molecule has 0 unspecified atom stereocenters. The highest BCUT2D eigenvalue weighted by Gasteiger charge is 2.16. The Balaban J connectivity index is 1.87. The molecule has 108 valence electrons. The number of nitrogens with zero attached hydrogens (tertiary/aromatic N) is 1. The van der Waals surface area contributed by atoms with E-state index in [9.17, 15) is 4.79 Å². The molecule has 1 aromatic rings. The molecule has 1 aliphatic rings. The third-order valence-corrected chi connectivity index (χ3v) is 3.37. The highest BCUT2D eigenvalue weighted by molar-refractivity contribution is 5.96. The number of carbonyl (C=O) groups is 1. The van der Waals surface area contributed by atoms with E-state index >= 15 is 0 Å². The third-order valence-electron chi connectivity index (χ3n) is 3.37. The fraction of sp³-hybridized carbons (Fsp3) is 0.500. The number of ether oxygens (including phenoxy) is 1. The lowest BCUT2D eigenvalue weighted by Crippen LogP contribution is -2.10. The SMILES string of the molecule is CC(C)CC(=O)c1ccc(CC[C@H]2COC(N)=N2)cc1. The first-order valence-corrected chi connectivity index (χ1v) is 7.13. The molecule has 0 saturated carbocycles. The van der Waals surface area contributed by atoms with Crippen molar-refractivity contribution in [3.63, 3.8) is 0 Å². The van der Waals surface area contributed by atoms with Crippen LogP contribution in [0.3, 0.4) is 0 Å². The van der Waals surface area contributed by atoms with E-state index < -0.39 is 0 Å². The lowest BCUT2D eigenvalue weighted by Gasteiger charge is -2.07. The zero-order chi connectivity index (χ0) is 14.5. The van der Waals surface area contributed by atoms with Gasteiger partial charge < -0.3 is 10.5 Å². The van der Waals surface area contributed by atoms with Crippen LogP contribution >= 0.6 is 0 Å². The van der Waals surface area contributed by atoms with E-state index in [0.29, 0.717) is 25.0 Å². The van der Waals surface area contributed by atoms with Crippen LogP contribution in [0.2, 0.25) is 0 Å². The molecule has 1 aliphatic heterocycles. The van der Waals surface area contributed by atoms with Crippen LogP contribution < -0.4 is 5.73 Å². The number of aliphatic imine (C=N–C) groups is 1. The van der Waals surface area contributed by atoms with Crippen LogP contribution in [-0.2, 0) is 11.2 Å². The molecular formula is C16H22N2O2. The molecule has 0 fully saturated rings. The summed E-state index contributed by atoms with van der Waals surface area (Å²) in [6.07, 6.45) is 2.44. The van der Waals surface area contributed by atoms with Crippen LogP contribution in [-0.4, -0.2) is 24.5 Å². The van der Waals surface area contributed by atoms with Crippen LogP contribution in [0.25, 0.3) is 0 Å². The van der Waals surface area contributed by atoms with E-state index in [1.54, 1.807) is 0 Å². The van der Waals surface area contributed by atoms with Gasteiger partial charge in [-0.05, 0) is 24.3 Å². The maximum absolute atomic E-state index is 11.9. The Kier molecular flexibility index (Phi) is 4.77. The molecule has 20 heavy (non-hydrogen) atoms. The zero-order valence-corrected chi connectivity index (χ0v) is 12.1. The van der Waals surface area contributed by atoms with E-state index in [1.165, 1.54) is 5.56 Å². The van der Waals surface area contributed by atoms with Crippen molar-refractivity contribution in [1.82, 2.24) is 0 Å². The summed E-state index contributed by atoms with van der Waals surface area (Å²) in [5, 5.41) is 0. The zero-order valence-electron chi connectivity index (χ0n) is 12.1. The van der Waals surface area contributed by atoms with E-state index in [4.69, 9.17) is 10.5 Å². The first-order valence-electron chi connectivity index (χ1n) is 7.13. The average molecular weight is 274 g/mol. The van der Waals surface area contributed by atoms with Gasteiger partial charge >= 0.3 is 0 Å². The number of ketones is 1. The Morgan fingerprint density at radius 3 is 2.65 bits per heavy atom. The minimum Gasteiger partial charge on any atom is -0.463 e. The Hall–Kier alpha value is -1.84. The van der Waals surface area contributed by atoms with Gasteiger partial charge in [-0.3, -0.25) is 4.79 Å². The summed E-state index contributed by atoms with van der Waals surface area (Å²) in [6.45, 7) is 4.70. The van der Waals surface area contributed by atoms with E-state index in [-0.39, 0.29) is 11.8 Å². The summed E-state index contributed by atoms with van der Waals surface area (Å²) in [7, 11) is 0. The monoisotopic (exact) mass is 274 g/mol. The van der Waals surface area contributed by atoms with Gasteiger partial charge in [0.2, 0.25) is 0 Å². The minimum atomic E-state index is 0.164. The van der Waals surface area contributed by atoms with Gasteiger partial charge in [-0.15, -0.1) is 0 Å². The van der Waals surface area contributed by atoms with Crippen molar-refractivity contribution >= 4 is 11.8 Å². The Bertz CT molecular complexity index is 492. The Labute approximate surface area is 120 Å². The van der Waals surface area contributed by atoms with E-state index in [2.05, 4.69) is 18.8 Å². The minimum absolute atomic E-state index is 0.164.